The molecular formula is C52H76Cl3FN15O27P3S3. The average Bonchev–Trinajstić information content (AvgIpc) is 1.41. The van der Waals surface area contributed by atoms with Gasteiger partial charge in [0, 0.05) is 25.2 Å². The number of fused-ring (bicyclic) bond motifs is 3. The van der Waals surface area contributed by atoms with Crippen LogP contribution in [0.2, 0.25) is 15.9 Å². The Bertz CT molecular complexity index is 4570. The van der Waals surface area contributed by atoms with Gasteiger partial charge in [-0.25, -0.2) is 43.7 Å². The minimum Gasteiger partial charge on any atom is -0.394 e. The van der Waals surface area contributed by atoms with Crippen LogP contribution in [0.15, 0.2) is 18.6 Å². The summed E-state index contributed by atoms with van der Waals surface area (Å²) in [5.74, 6) is -2.20. The molecule has 104 heavy (non-hydrogen) atoms. The first-order valence-electron chi connectivity index (χ1n) is 31.9. The van der Waals surface area contributed by atoms with E-state index in [0.29, 0.717) is 33.6 Å². The molecule has 0 aromatic carbocycles. The molecule has 3 saturated heterocycles. The van der Waals surface area contributed by atoms with Crippen molar-refractivity contribution in [3.05, 3.63) is 34.4 Å². The third-order valence-electron chi connectivity index (χ3n) is 18.4. The lowest BCUT2D eigenvalue weighted by Crippen LogP contribution is -2.44. The molecule has 3 unspecified atom stereocenters. The first-order valence-corrected chi connectivity index (χ1v) is 43.1. The van der Waals surface area contributed by atoms with Crippen molar-refractivity contribution in [3.8, 4) is 0 Å². The van der Waals surface area contributed by atoms with E-state index in [0.717, 1.165) is 93.5 Å². The van der Waals surface area contributed by atoms with E-state index in [2.05, 4.69) is 65.9 Å². The van der Waals surface area contributed by atoms with Gasteiger partial charge in [-0.1, -0.05) is 38.5 Å². The summed E-state index contributed by atoms with van der Waals surface area (Å²) >= 11 is 18.3. The van der Waals surface area contributed by atoms with Gasteiger partial charge in [0.2, 0.25) is 25.7 Å². The van der Waals surface area contributed by atoms with Crippen molar-refractivity contribution >= 4 is 138 Å². The van der Waals surface area contributed by atoms with E-state index in [4.69, 9.17) is 63.9 Å². The smallest absolute Gasteiger partial charge is 0.380 e. The number of methoxy groups -OCH3 is 1. The van der Waals surface area contributed by atoms with E-state index in [1.54, 1.807) is 0 Å². The third kappa shape index (κ3) is 17.5. The fourth-order valence-electron chi connectivity index (χ4n) is 13.0. The highest BCUT2D eigenvalue weighted by molar-refractivity contribution is 7.99. The number of rotatable bonds is 25. The van der Waals surface area contributed by atoms with E-state index in [9.17, 15) is 98.7 Å². The summed E-state index contributed by atoms with van der Waals surface area (Å²) in [6.07, 6.45) is -3.04. The Kier molecular flexibility index (Phi) is 25.5. The van der Waals surface area contributed by atoms with Crippen molar-refractivity contribution in [3.63, 3.8) is 0 Å². The van der Waals surface area contributed by atoms with Gasteiger partial charge in [0.1, 0.15) is 79.0 Å². The Morgan fingerprint density at radius 1 is 0.519 bits per heavy atom. The minimum atomic E-state index is -5.98. The SMILES string of the molecule is COCC(P(=O)(O)O)S(=O)(=O)C[C@H]1O[C@@H](n2ncc3c(NC4CCCC4)nc(Cl)nc32)[C@H](O)[C@@H]1O.O=P(O)(O)C(CO)S(=O)(=O)C[C@H]1O[C@@H](n2ncc3c(NC4CCCC4)nc(Cl)nc32)[C@H](O)[C@@H]1O.O=P(O)(O)C(F)(CO)S(=O)(=O)C[C@H]1O[C@@H](n2ncc3c(NC4CCCC4)nc(Cl)nc32)[C@H](O)[C@@H]1O. The molecule has 15 atom stereocenters. The van der Waals surface area contributed by atoms with Crippen molar-refractivity contribution in [2.45, 2.75) is 184 Å². The van der Waals surface area contributed by atoms with Gasteiger partial charge in [-0.05, 0) is 73.3 Å². The predicted molar refractivity (Wildman–Crippen MR) is 361 cm³/mol. The largest absolute Gasteiger partial charge is 0.394 e. The molecule has 6 aromatic heterocycles. The van der Waals surface area contributed by atoms with Crippen molar-refractivity contribution in [1.29, 1.82) is 0 Å². The van der Waals surface area contributed by atoms with Gasteiger partial charge in [-0.3, -0.25) is 13.7 Å². The molecule has 42 nitrogen and oxygen atoms in total. The number of aromatic nitrogens is 12. The minimum absolute atomic E-state index is 0.0871. The van der Waals surface area contributed by atoms with Gasteiger partial charge in [-0.15, -0.1) is 0 Å². The highest BCUT2D eigenvalue weighted by Gasteiger charge is 2.61. The number of nitrogens with one attached hydrogen (secondary N) is 3. The topological polar surface area (TPSA) is 641 Å². The summed E-state index contributed by atoms with van der Waals surface area (Å²) in [5.41, 5.74) is 0.456. The molecular weight excluding hydrogens is 1580 g/mol. The second-order valence-electron chi connectivity index (χ2n) is 25.6. The molecule has 6 aromatic rings. The maximum absolute atomic E-state index is 14.7. The summed E-state index contributed by atoms with van der Waals surface area (Å²) in [6.45, 7) is -4.10. The van der Waals surface area contributed by atoms with Crippen LogP contribution >= 0.6 is 57.6 Å². The number of nitrogens with zero attached hydrogens (tertiary/aromatic N) is 12. The fourth-order valence-corrected chi connectivity index (χ4v) is 23.4. The Morgan fingerprint density at radius 3 is 1.09 bits per heavy atom. The van der Waals surface area contributed by atoms with Crippen molar-refractivity contribution in [1.82, 2.24) is 59.2 Å². The van der Waals surface area contributed by atoms with E-state index in [-0.39, 0.29) is 50.9 Å². The van der Waals surface area contributed by atoms with Crippen molar-refractivity contribution < 1.29 is 132 Å². The zero-order chi connectivity index (χ0) is 76.1. The molecule has 6 aliphatic rings. The number of halogens is 4. The normalized spacial score (nSPS) is 27.5. The number of alkyl halides is 1. The number of hydrogen-bond donors (Lipinski definition) is 17. The van der Waals surface area contributed by atoms with Crippen LogP contribution in [0.3, 0.4) is 0 Å². The third-order valence-corrected chi connectivity index (χ3v) is 32.3. The standard InChI is InChI=1S/C18H27ClN5O9PS.C17H24ClFN5O9PS.C17H25ClN5O9PS/c1-32-7-12(34(27,28)29)35(30,31)8-11-13(25)14(26)17(33-11)24-16-10(6-20-24)15(22-18(19)23-16)21-9-4-2-3-5-9;18-16-22-13(21-8-3-1-2-4-8)9-5-20-24(14(9)23-16)15-12(27)11(26)10(33-15)6-35(31,32)17(19,7-25)34(28,29)30;18-17-21-14(20-8-3-1-2-4-8)9-5-19-23(15(9)22-17)16-13(26)12(25)10(32-16)7-34(30,31)11(6-24)33(27,28)29/h6,9,11-14,17,25-26H,2-5,7-8H2,1H3,(H,21,22,23)(H2,27,28,29);5,8,10-12,15,25-27H,1-4,6-7H2,(H,21,22,23)(H2,28,29,30);5,8,10-13,16,24-26H,1-4,6-7H2,(H,20,21,22)(H2,27,28,29)/t11-,12?,13-,14-,17-;10-,11-,12-,15-,17?;10-,11?,12-,13-,16-/m111/s1. The Balaban J connectivity index is 0.000000167. The van der Waals surface area contributed by atoms with E-state index < -0.39 is 178 Å². The first kappa shape index (κ1) is 82.2. The summed E-state index contributed by atoms with van der Waals surface area (Å²) < 4.78 is 145. The maximum Gasteiger partial charge on any atom is 0.380 e. The van der Waals surface area contributed by atoms with E-state index in [1.807, 2.05) is 0 Å². The number of ether oxygens (including phenoxy) is 4. The van der Waals surface area contributed by atoms with Crippen LogP contribution in [-0.4, -0.2) is 287 Å². The Hall–Kier alpha value is -4.33. The second kappa shape index (κ2) is 32.3. The van der Waals surface area contributed by atoms with Crippen LogP contribution in [0.5, 0.6) is 0 Å². The van der Waals surface area contributed by atoms with Gasteiger partial charge < -0.3 is 105 Å². The zero-order valence-electron chi connectivity index (χ0n) is 54.3. The fraction of sp³-hybridized carbons (Fsp3) is 0.712. The number of hydrogen-bond acceptors (Lipinski definition) is 33. The molecule has 0 radical (unpaired) electrons. The lowest BCUT2D eigenvalue weighted by atomic mass is 10.1. The van der Waals surface area contributed by atoms with Crippen LogP contribution in [-0.2, 0) is 62.2 Å². The van der Waals surface area contributed by atoms with Gasteiger partial charge in [0.15, 0.2) is 65.3 Å². The second-order valence-corrected chi connectivity index (χ2v) is 39.7. The molecule has 3 aliphatic carbocycles. The molecule has 12 rings (SSSR count). The van der Waals surface area contributed by atoms with Crippen LogP contribution < -0.4 is 16.0 Å². The van der Waals surface area contributed by atoms with E-state index in [1.165, 1.54) is 23.3 Å². The summed E-state index contributed by atoms with van der Waals surface area (Å²) in [5, 5.41) is 105. The zero-order valence-corrected chi connectivity index (χ0v) is 61.7. The molecule has 0 spiro atoms. The number of anilines is 3. The highest BCUT2D eigenvalue weighted by atomic mass is 35.5. The monoisotopic (exact) mass is 1660 g/mol. The van der Waals surface area contributed by atoms with Gasteiger partial charge in [-0.2, -0.15) is 45.2 Å². The maximum atomic E-state index is 14.7. The van der Waals surface area contributed by atoms with Gasteiger partial charge in [0.05, 0.1) is 65.2 Å². The molecule has 0 bridgehead atoms. The quantitative estimate of drug-likeness (QED) is 0.0243. The molecule has 17 N–H and O–H groups in total. The molecule has 9 heterocycles. The van der Waals surface area contributed by atoms with Crippen LogP contribution in [0.4, 0.5) is 21.8 Å². The molecule has 52 heteroatoms. The number of aliphatic hydroxyl groups is 8. The number of sulfone groups is 3. The highest BCUT2D eigenvalue weighted by Crippen LogP contribution is 2.56. The molecule has 582 valence electrons. The first-order chi connectivity index (χ1) is 48.6. The van der Waals surface area contributed by atoms with Gasteiger partial charge >= 0.3 is 27.5 Å². The van der Waals surface area contributed by atoms with Crippen molar-refractivity contribution in [2.75, 3.05) is 60.1 Å². The van der Waals surface area contributed by atoms with Crippen LogP contribution in [0.25, 0.3) is 33.1 Å². The molecule has 3 saturated carbocycles. The van der Waals surface area contributed by atoms with Gasteiger partial charge in [0.25, 0.3) is 0 Å². The molecule has 3 aliphatic heterocycles. The molecule has 6 fully saturated rings. The van der Waals surface area contributed by atoms with Crippen LogP contribution in [0, 0.1) is 0 Å². The summed E-state index contributed by atoms with van der Waals surface area (Å²) in [7, 11) is -29.7. The predicted octanol–water partition coefficient (Wildman–Crippen LogP) is -0.956. The lowest BCUT2D eigenvalue weighted by molar-refractivity contribution is -0.0366. The number of aliphatic hydroxyl groups excluding tert-OH is 8. The lowest BCUT2D eigenvalue weighted by Gasteiger charge is -2.25. The van der Waals surface area contributed by atoms with Crippen molar-refractivity contribution in [2.24, 2.45) is 0 Å². The Labute approximate surface area is 604 Å². The van der Waals surface area contributed by atoms with E-state index >= 15 is 0 Å². The summed E-state index contributed by atoms with van der Waals surface area (Å²) in [6, 6.07) is 0.584. The van der Waals surface area contributed by atoms with Crippen LogP contribution in [0.1, 0.15) is 95.7 Å². The Morgan fingerprint density at radius 2 is 0.817 bits per heavy atom. The molecule has 0 amide bonds. The average molecular weight is 1660 g/mol. The summed E-state index contributed by atoms with van der Waals surface area (Å²) in [4.78, 5) is 76.2.